The van der Waals surface area contributed by atoms with E-state index in [4.69, 9.17) is 116 Å². The highest BCUT2D eigenvalue weighted by Gasteiger charge is 2.65. The molecule has 0 N–H and O–H groups in total. The molecule has 0 saturated heterocycles. The molecule has 22 heavy (non-hydrogen) atoms. The van der Waals surface area contributed by atoms with Crippen LogP contribution in [0.2, 0.25) is 0 Å². The van der Waals surface area contributed by atoms with Crippen molar-refractivity contribution in [3.63, 3.8) is 0 Å². The molecule has 8 unspecified atom stereocenters. The molecule has 0 aromatic carbocycles. The second-order valence-corrected chi connectivity index (χ2v) is 11.3. The van der Waals surface area contributed by atoms with Crippen molar-refractivity contribution < 1.29 is 0 Å². The maximum absolute atomic E-state index is 6.78. The molecule has 0 radical (unpaired) electrons. The van der Waals surface area contributed by atoms with Gasteiger partial charge in [0.25, 0.3) is 0 Å². The predicted octanol–water partition coefficient (Wildman–Crippen LogP) is 7.14. The lowest BCUT2D eigenvalue weighted by Gasteiger charge is -2.55. The van der Waals surface area contributed by atoms with E-state index in [9.17, 15) is 0 Å². The molecule has 2 aliphatic rings. The van der Waals surface area contributed by atoms with Gasteiger partial charge < -0.3 is 0 Å². The van der Waals surface area contributed by atoms with Gasteiger partial charge in [-0.1, -0.05) is 53.3 Å². The zero-order valence-corrected chi connectivity index (χ0v) is 18.4. The summed E-state index contributed by atoms with van der Waals surface area (Å²) in [6.07, 6.45) is 0. The molecule has 1 fully saturated rings. The van der Waals surface area contributed by atoms with Gasteiger partial charge >= 0.3 is 0 Å². The first kappa shape index (κ1) is 20.9. The van der Waals surface area contributed by atoms with E-state index in [1.54, 1.807) is 0 Å². The van der Waals surface area contributed by atoms with Gasteiger partial charge in [-0.25, -0.2) is 0 Å². The van der Waals surface area contributed by atoms with Crippen molar-refractivity contribution in [3.8, 4) is 0 Å². The molecule has 0 amide bonds. The van der Waals surface area contributed by atoms with E-state index >= 15 is 0 Å². The molecule has 0 aromatic heterocycles. The minimum Gasteiger partial charge on any atom is -0.121 e. The van der Waals surface area contributed by atoms with Gasteiger partial charge in [-0.15, -0.1) is 69.6 Å². The number of fused-ring (bicyclic) bond motifs is 1. The van der Waals surface area contributed by atoms with Gasteiger partial charge in [0.2, 0.25) is 0 Å². The standard InChI is InChI=1S/C12H10Cl10/c1-2-3(12(20,21)22)4-6(14)7(15)8(16)10(18)11(4,19)9(17)5(2)13/h2-3,5,7-10H,1H3. The summed E-state index contributed by atoms with van der Waals surface area (Å²) in [5, 5.41) is -3.47. The molecule has 1 saturated carbocycles. The van der Waals surface area contributed by atoms with E-state index in [1.165, 1.54) is 0 Å². The zero-order valence-electron chi connectivity index (χ0n) is 10.8. The van der Waals surface area contributed by atoms with Crippen molar-refractivity contribution in [2.75, 3.05) is 0 Å². The third kappa shape index (κ3) is 3.08. The summed E-state index contributed by atoms with van der Waals surface area (Å²) >= 11 is 63.6. The van der Waals surface area contributed by atoms with Crippen LogP contribution in [0.15, 0.2) is 10.6 Å². The second-order valence-electron chi connectivity index (χ2n) is 5.50. The predicted molar refractivity (Wildman–Crippen MR) is 103 cm³/mol. The molecule has 0 heterocycles. The Kier molecular flexibility index (Phi) is 6.65. The van der Waals surface area contributed by atoms with Crippen LogP contribution in [0, 0.1) is 11.8 Å². The molecule has 2 aliphatic carbocycles. The molecule has 8 atom stereocenters. The second kappa shape index (κ2) is 6.99. The first-order valence-electron chi connectivity index (χ1n) is 6.22. The van der Waals surface area contributed by atoms with Crippen molar-refractivity contribution in [1.29, 1.82) is 0 Å². The van der Waals surface area contributed by atoms with Crippen molar-refractivity contribution in [3.05, 3.63) is 10.6 Å². The lowest BCUT2D eigenvalue weighted by molar-refractivity contribution is 0.286. The Bertz CT molecular complexity index is 485. The normalized spacial score (nSPS) is 50.0. The Morgan fingerprint density at radius 1 is 0.909 bits per heavy atom. The molecular formula is C12H10Cl10. The summed E-state index contributed by atoms with van der Waals surface area (Å²) in [6.45, 7) is 1.81. The molecule has 10 heteroatoms. The molecule has 2 rings (SSSR count). The van der Waals surface area contributed by atoms with Crippen LogP contribution in [0.4, 0.5) is 0 Å². The van der Waals surface area contributed by atoms with Crippen LogP contribution in [0.1, 0.15) is 6.92 Å². The number of rotatable bonds is 0. The summed E-state index contributed by atoms with van der Waals surface area (Å²) in [7, 11) is 0. The van der Waals surface area contributed by atoms with E-state index in [-0.39, 0.29) is 11.0 Å². The minimum absolute atomic E-state index is 0.214. The highest BCUT2D eigenvalue weighted by Crippen LogP contribution is 2.62. The topological polar surface area (TPSA) is 0 Å². The number of halogens is 10. The lowest BCUT2D eigenvalue weighted by atomic mass is 9.66. The summed E-state index contributed by atoms with van der Waals surface area (Å²) in [6, 6.07) is 0. The Balaban J connectivity index is 2.75. The number of hydrogen-bond acceptors (Lipinski definition) is 0. The smallest absolute Gasteiger partial charge is 0.121 e. The third-order valence-corrected chi connectivity index (χ3v) is 9.66. The van der Waals surface area contributed by atoms with Gasteiger partial charge in [0.15, 0.2) is 3.79 Å². The van der Waals surface area contributed by atoms with Crippen molar-refractivity contribution in [2.24, 2.45) is 11.8 Å². The van der Waals surface area contributed by atoms with Crippen LogP contribution in [0.5, 0.6) is 0 Å². The van der Waals surface area contributed by atoms with Crippen LogP contribution in [-0.2, 0) is 0 Å². The maximum atomic E-state index is 6.78. The number of alkyl halides is 9. The summed E-state index contributed by atoms with van der Waals surface area (Å²) < 4.78 is -1.70. The Hall–Kier alpha value is 2.64. The van der Waals surface area contributed by atoms with Crippen molar-refractivity contribution in [1.82, 2.24) is 0 Å². The maximum Gasteiger partial charge on any atom is 0.197 e. The lowest BCUT2D eigenvalue weighted by Crippen LogP contribution is -2.64. The number of hydrogen-bond donors (Lipinski definition) is 0. The van der Waals surface area contributed by atoms with E-state index in [1.807, 2.05) is 6.92 Å². The Morgan fingerprint density at radius 3 is 1.82 bits per heavy atom. The SMILES string of the molecule is CC1C(Cl)C(Cl)C2(Cl)C(=C(Cl)C(Cl)C(Cl)C2Cl)C1C(Cl)(Cl)Cl. The van der Waals surface area contributed by atoms with Gasteiger partial charge in [-0.2, -0.15) is 0 Å². The van der Waals surface area contributed by atoms with E-state index in [0.29, 0.717) is 5.57 Å². The molecule has 0 aliphatic heterocycles. The van der Waals surface area contributed by atoms with Gasteiger partial charge in [0.05, 0.1) is 26.9 Å². The molecular weight excluding hydrogens is 499 g/mol. The fourth-order valence-corrected chi connectivity index (χ4v) is 7.11. The summed E-state index contributed by atoms with van der Waals surface area (Å²) in [4.78, 5) is -1.36. The van der Waals surface area contributed by atoms with Gasteiger partial charge in [-0.05, 0) is 11.5 Å². The average molecular weight is 509 g/mol. The molecule has 0 aromatic rings. The van der Waals surface area contributed by atoms with Gasteiger partial charge in [-0.3, -0.25) is 0 Å². The van der Waals surface area contributed by atoms with Crippen molar-refractivity contribution >= 4 is 116 Å². The van der Waals surface area contributed by atoms with Crippen LogP contribution < -0.4 is 0 Å². The average Bonchev–Trinajstić information content (AvgIpc) is 2.42. The van der Waals surface area contributed by atoms with Crippen LogP contribution in [0.25, 0.3) is 0 Å². The first-order chi connectivity index (χ1) is 9.86. The largest absolute Gasteiger partial charge is 0.197 e. The zero-order chi connectivity index (χ0) is 17.2. The Morgan fingerprint density at radius 2 is 1.36 bits per heavy atom. The highest BCUT2D eigenvalue weighted by molar-refractivity contribution is 6.68. The Labute approximate surface area is 179 Å². The van der Waals surface area contributed by atoms with E-state index < -0.39 is 41.5 Å². The van der Waals surface area contributed by atoms with Crippen LogP contribution >= 0.6 is 116 Å². The highest BCUT2D eigenvalue weighted by atomic mass is 35.6. The monoisotopic (exact) mass is 504 g/mol. The first-order valence-corrected chi connectivity index (χ1v) is 10.3. The van der Waals surface area contributed by atoms with Crippen LogP contribution in [0.3, 0.4) is 0 Å². The molecule has 128 valence electrons. The van der Waals surface area contributed by atoms with Gasteiger partial charge in [0, 0.05) is 11.0 Å². The summed E-state index contributed by atoms with van der Waals surface area (Å²) in [5.41, 5.74) is 0.414. The van der Waals surface area contributed by atoms with Crippen molar-refractivity contribution in [2.45, 2.75) is 42.5 Å². The third-order valence-electron chi connectivity index (χ3n) is 4.25. The minimum atomic E-state index is -1.70. The fourth-order valence-electron chi connectivity index (χ4n) is 3.09. The quantitative estimate of drug-likeness (QED) is 0.305. The number of allylic oxidation sites excluding steroid dienone is 2. The van der Waals surface area contributed by atoms with E-state index in [2.05, 4.69) is 0 Å². The fraction of sp³-hybridized carbons (Fsp3) is 0.833. The van der Waals surface area contributed by atoms with Gasteiger partial charge in [0.1, 0.15) is 4.87 Å². The van der Waals surface area contributed by atoms with Crippen LogP contribution in [-0.4, -0.2) is 35.6 Å². The molecule has 0 nitrogen and oxygen atoms in total. The molecule has 0 bridgehead atoms. The summed E-state index contributed by atoms with van der Waals surface area (Å²) in [5.74, 6) is -1.00. The van der Waals surface area contributed by atoms with E-state index in [0.717, 1.165) is 0 Å². The molecule has 0 spiro atoms.